The van der Waals surface area contributed by atoms with Crippen molar-refractivity contribution in [2.75, 3.05) is 19.6 Å². The molecule has 3 rings (SSSR count). The zero-order valence-corrected chi connectivity index (χ0v) is 13.8. The first-order valence-electron chi connectivity index (χ1n) is 8.50. The van der Waals surface area contributed by atoms with Gasteiger partial charge in [-0.25, -0.2) is 0 Å². The number of nitrogens with one attached hydrogen (secondary N) is 1. The van der Waals surface area contributed by atoms with Gasteiger partial charge in [-0.1, -0.05) is 31.2 Å². The van der Waals surface area contributed by atoms with E-state index in [4.69, 9.17) is 4.42 Å². The molecule has 0 bridgehead atoms. The normalized spacial score (nSPS) is 16.3. The summed E-state index contributed by atoms with van der Waals surface area (Å²) in [6, 6.07) is 12.6. The van der Waals surface area contributed by atoms with Gasteiger partial charge in [-0.2, -0.15) is 0 Å². The van der Waals surface area contributed by atoms with Crippen LogP contribution in [0.3, 0.4) is 0 Å². The van der Waals surface area contributed by atoms with E-state index in [2.05, 4.69) is 41.4 Å². The molecule has 124 valence electrons. The van der Waals surface area contributed by atoms with Crippen LogP contribution in [0.4, 0.5) is 0 Å². The van der Waals surface area contributed by atoms with E-state index in [0.29, 0.717) is 19.6 Å². The summed E-state index contributed by atoms with van der Waals surface area (Å²) in [5, 5.41) is 13.5. The Labute approximate surface area is 138 Å². The minimum Gasteiger partial charge on any atom is -0.465 e. The molecule has 4 nitrogen and oxygen atoms in total. The van der Waals surface area contributed by atoms with E-state index >= 15 is 0 Å². The van der Waals surface area contributed by atoms with Crippen molar-refractivity contribution in [2.45, 2.75) is 39.0 Å². The fourth-order valence-corrected chi connectivity index (χ4v) is 3.14. The minimum atomic E-state index is -0.360. The first-order chi connectivity index (χ1) is 11.2. The second-order valence-electron chi connectivity index (χ2n) is 6.26. The van der Waals surface area contributed by atoms with Crippen LogP contribution in [0.1, 0.15) is 29.6 Å². The first-order valence-corrected chi connectivity index (χ1v) is 8.50. The smallest absolute Gasteiger partial charge is 0.117 e. The van der Waals surface area contributed by atoms with E-state index in [1.54, 1.807) is 0 Å². The lowest BCUT2D eigenvalue weighted by Gasteiger charge is -2.30. The van der Waals surface area contributed by atoms with E-state index in [-0.39, 0.29) is 6.10 Å². The third-order valence-electron chi connectivity index (χ3n) is 4.42. The zero-order chi connectivity index (χ0) is 16.1. The monoisotopic (exact) mass is 314 g/mol. The number of aliphatic hydroxyl groups excluding tert-OH is 1. The number of fused-ring (bicyclic) bond motifs is 1. The summed E-state index contributed by atoms with van der Waals surface area (Å²) in [6.45, 7) is 5.99. The Morgan fingerprint density at radius 1 is 1.17 bits per heavy atom. The van der Waals surface area contributed by atoms with Crippen LogP contribution in [-0.2, 0) is 25.9 Å². The van der Waals surface area contributed by atoms with Crippen molar-refractivity contribution in [3.63, 3.8) is 0 Å². The van der Waals surface area contributed by atoms with Crippen LogP contribution in [0.25, 0.3) is 0 Å². The van der Waals surface area contributed by atoms with Crippen molar-refractivity contribution in [3.8, 4) is 0 Å². The van der Waals surface area contributed by atoms with Crippen molar-refractivity contribution in [1.82, 2.24) is 10.2 Å². The van der Waals surface area contributed by atoms with E-state index in [9.17, 15) is 5.11 Å². The number of aliphatic hydroxyl groups is 1. The number of β-amino-alcohol motifs (C(OH)–C–C–N with tert-alkyl or cyclic N) is 1. The lowest BCUT2D eigenvalue weighted by molar-refractivity contribution is 0.104. The van der Waals surface area contributed by atoms with Gasteiger partial charge in [0, 0.05) is 32.6 Å². The Kier molecular flexibility index (Phi) is 5.49. The van der Waals surface area contributed by atoms with E-state index in [1.807, 2.05) is 12.1 Å². The number of nitrogens with zero attached hydrogens (tertiary/aromatic N) is 1. The molecule has 0 saturated carbocycles. The third kappa shape index (κ3) is 4.44. The second-order valence-corrected chi connectivity index (χ2v) is 6.26. The van der Waals surface area contributed by atoms with Crippen LogP contribution in [0, 0.1) is 0 Å². The summed E-state index contributed by atoms with van der Waals surface area (Å²) in [5.74, 6) is 1.94. The minimum absolute atomic E-state index is 0.360. The van der Waals surface area contributed by atoms with Crippen LogP contribution < -0.4 is 5.32 Å². The zero-order valence-electron chi connectivity index (χ0n) is 13.8. The fraction of sp³-hybridized carbons (Fsp3) is 0.474. The van der Waals surface area contributed by atoms with Crippen molar-refractivity contribution >= 4 is 0 Å². The molecule has 0 aliphatic carbocycles. The van der Waals surface area contributed by atoms with Crippen molar-refractivity contribution in [2.24, 2.45) is 0 Å². The second kappa shape index (κ2) is 7.77. The number of furan rings is 1. The Bertz CT molecular complexity index is 623. The maximum Gasteiger partial charge on any atom is 0.117 e. The summed E-state index contributed by atoms with van der Waals surface area (Å²) >= 11 is 0. The molecule has 1 unspecified atom stereocenters. The molecule has 2 heterocycles. The van der Waals surface area contributed by atoms with Crippen molar-refractivity contribution < 1.29 is 9.52 Å². The average Bonchev–Trinajstić information content (AvgIpc) is 3.03. The highest BCUT2D eigenvalue weighted by Gasteiger charge is 2.18. The van der Waals surface area contributed by atoms with Gasteiger partial charge in [0.2, 0.25) is 0 Å². The summed E-state index contributed by atoms with van der Waals surface area (Å²) in [7, 11) is 0. The maximum atomic E-state index is 10.2. The van der Waals surface area contributed by atoms with Crippen LogP contribution in [0.5, 0.6) is 0 Å². The molecule has 0 fully saturated rings. The molecule has 4 heteroatoms. The third-order valence-corrected chi connectivity index (χ3v) is 4.42. The largest absolute Gasteiger partial charge is 0.465 e. The van der Waals surface area contributed by atoms with Crippen molar-refractivity contribution in [3.05, 3.63) is 59.0 Å². The van der Waals surface area contributed by atoms with Gasteiger partial charge in [-0.3, -0.25) is 4.90 Å². The SMILES string of the molecule is CCc1ccc(CNCC(O)CN2CCc3ccccc3C2)o1. The van der Waals surface area contributed by atoms with Gasteiger partial charge in [-0.05, 0) is 29.7 Å². The average molecular weight is 314 g/mol. The molecule has 0 radical (unpaired) electrons. The lowest BCUT2D eigenvalue weighted by atomic mass is 10.00. The Morgan fingerprint density at radius 3 is 2.74 bits per heavy atom. The molecule has 1 aliphatic rings. The molecule has 1 aromatic carbocycles. The first kappa shape index (κ1) is 16.2. The van der Waals surface area contributed by atoms with Gasteiger partial charge in [0.15, 0.2) is 0 Å². The molecule has 1 atom stereocenters. The number of rotatable bonds is 7. The molecule has 0 spiro atoms. The van der Waals surface area contributed by atoms with E-state index in [1.165, 1.54) is 11.1 Å². The highest BCUT2D eigenvalue weighted by Crippen LogP contribution is 2.18. The predicted molar refractivity (Wildman–Crippen MR) is 91.2 cm³/mol. The molecule has 2 aromatic rings. The molecule has 1 aliphatic heterocycles. The molecule has 0 saturated heterocycles. The number of hydrogen-bond acceptors (Lipinski definition) is 4. The summed E-state index contributed by atoms with van der Waals surface area (Å²) in [5.41, 5.74) is 2.84. The fourth-order valence-electron chi connectivity index (χ4n) is 3.14. The van der Waals surface area contributed by atoms with E-state index in [0.717, 1.165) is 37.5 Å². The molecule has 1 aromatic heterocycles. The van der Waals surface area contributed by atoms with Gasteiger partial charge in [0.05, 0.1) is 12.6 Å². The Morgan fingerprint density at radius 2 is 1.96 bits per heavy atom. The van der Waals surface area contributed by atoms with E-state index < -0.39 is 0 Å². The molecule has 23 heavy (non-hydrogen) atoms. The molecular formula is C19H26N2O2. The molecular weight excluding hydrogens is 288 g/mol. The number of aryl methyl sites for hydroxylation is 1. The van der Waals surface area contributed by atoms with Gasteiger partial charge in [-0.15, -0.1) is 0 Å². The van der Waals surface area contributed by atoms with Crippen LogP contribution in [-0.4, -0.2) is 35.7 Å². The Balaban J connectivity index is 1.40. The number of hydrogen-bond donors (Lipinski definition) is 2. The van der Waals surface area contributed by atoms with Crippen LogP contribution in [0.15, 0.2) is 40.8 Å². The van der Waals surface area contributed by atoms with Gasteiger partial charge >= 0.3 is 0 Å². The number of benzene rings is 1. The maximum absolute atomic E-state index is 10.2. The van der Waals surface area contributed by atoms with Crippen molar-refractivity contribution in [1.29, 1.82) is 0 Å². The van der Waals surface area contributed by atoms with Crippen LogP contribution >= 0.6 is 0 Å². The molecule has 0 amide bonds. The standard InChI is InChI=1S/C19H26N2O2/c1-2-18-7-8-19(23-18)12-20-11-17(22)14-21-10-9-15-5-3-4-6-16(15)13-21/h3-8,17,20,22H,2,9-14H2,1H3. The van der Waals surface area contributed by atoms with Crippen LogP contribution in [0.2, 0.25) is 0 Å². The predicted octanol–water partition coefficient (Wildman–Crippen LogP) is 2.35. The topological polar surface area (TPSA) is 48.6 Å². The van der Waals surface area contributed by atoms with Gasteiger partial charge < -0.3 is 14.8 Å². The molecule has 2 N–H and O–H groups in total. The highest BCUT2D eigenvalue weighted by atomic mass is 16.3. The Hall–Kier alpha value is -1.62. The quantitative estimate of drug-likeness (QED) is 0.824. The van der Waals surface area contributed by atoms with Gasteiger partial charge in [0.1, 0.15) is 11.5 Å². The highest BCUT2D eigenvalue weighted by molar-refractivity contribution is 5.29. The summed E-state index contributed by atoms with van der Waals surface area (Å²) < 4.78 is 5.65. The summed E-state index contributed by atoms with van der Waals surface area (Å²) in [6.07, 6.45) is 1.63. The van der Waals surface area contributed by atoms with Gasteiger partial charge in [0.25, 0.3) is 0 Å². The summed E-state index contributed by atoms with van der Waals surface area (Å²) in [4.78, 5) is 2.33. The lowest BCUT2D eigenvalue weighted by Crippen LogP contribution is -2.40.